The summed E-state index contributed by atoms with van der Waals surface area (Å²) < 4.78 is 38.1. The molecule has 1 aromatic carbocycles. The SMILES string of the molecule is CCCCCCSC(CCc1ccccc1)C(=O)C(F)(F)F. The molecule has 1 nitrogen and oxygen atoms in total. The van der Waals surface area contributed by atoms with Gasteiger partial charge in [-0.25, -0.2) is 0 Å². The van der Waals surface area contributed by atoms with Gasteiger partial charge in [0, 0.05) is 0 Å². The largest absolute Gasteiger partial charge is 0.451 e. The van der Waals surface area contributed by atoms with E-state index in [0.29, 0.717) is 12.2 Å². The van der Waals surface area contributed by atoms with E-state index in [-0.39, 0.29) is 6.42 Å². The molecule has 124 valence electrons. The Labute approximate surface area is 134 Å². The van der Waals surface area contributed by atoms with Gasteiger partial charge in [0.2, 0.25) is 5.78 Å². The summed E-state index contributed by atoms with van der Waals surface area (Å²) in [5, 5.41) is -0.984. The smallest absolute Gasteiger partial charge is 0.288 e. The first-order valence-corrected chi connectivity index (χ1v) is 8.76. The number of carbonyl (C=O) groups excluding carboxylic acids is 1. The zero-order chi connectivity index (χ0) is 16.4. The Balaban J connectivity index is 2.52. The normalized spacial score (nSPS) is 13.1. The molecular weight excluding hydrogens is 309 g/mol. The fraction of sp³-hybridized carbons (Fsp3) is 0.588. The van der Waals surface area contributed by atoms with E-state index in [9.17, 15) is 18.0 Å². The Bertz CT molecular complexity index is 431. The summed E-state index contributed by atoms with van der Waals surface area (Å²) in [6.45, 7) is 2.09. The van der Waals surface area contributed by atoms with Crippen molar-refractivity contribution in [3.8, 4) is 0 Å². The molecule has 0 fully saturated rings. The quantitative estimate of drug-likeness (QED) is 0.531. The molecule has 0 bridgehead atoms. The lowest BCUT2D eigenvalue weighted by Gasteiger charge is -2.17. The Morgan fingerprint density at radius 2 is 1.82 bits per heavy atom. The molecule has 0 spiro atoms. The third-order valence-electron chi connectivity index (χ3n) is 3.43. The maximum Gasteiger partial charge on any atom is 0.451 e. The molecule has 0 saturated carbocycles. The molecule has 0 aliphatic heterocycles. The lowest BCUT2D eigenvalue weighted by atomic mass is 10.1. The molecule has 22 heavy (non-hydrogen) atoms. The van der Waals surface area contributed by atoms with Crippen molar-refractivity contribution in [2.24, 2.45) is 0 Å². The predicted octanol–water partition coefficient (Wildman–Crippen LogP) is 5.43. The van der Waals surface area contributed by atoms with Crippen LogP contribution in [0.15, 0.2) is 30.3 Å². The van der Waals surface area contributed by atoms with Crippen molar-refractivity contribution >= 4 is 17.5 Å². The van der Waals surface area contributed by atoms with Crippen LogP contribution in [-0.4, -0.2) is 23.0 Å². The first kappa shape index (κ1) is 19.1. The van der Waals surface area contributed by atoms with Crippen LogP contribution in [0.3, 0.4) is 0 Å². The molecule has 0 saturated heterocycles. The second-order valence-electron chi connectivity index (χ2n) is 5.31. The van der Waals surface area contributed by atoms with Crippen LogP contribution in [0, 0.1) is 0 Å². The maximum absolute atomic E-state index is 12.7. The Hall–Kier alpha value is -0.970. The zero-order valence-electron chi connectivity index (χ0n) is 12.9. The van der Waals surface area contributed by atoms with E-state index in [0.717, 1.165) is 43.0 Å². The van der Waals surface area contributed by atoms with E-state index < -0.39 is 17.2 Å². The van der Waals surface area contributed by atoms with E-state index in [4.69, 9.17) is 0 Å². The Kier molecular flexibility index (Phi) is 8.61. The van der Waals surface area contributed by atoms with Crippen LogP contribution >= 0.6 is 11.8 Å². The predicted molar refractivity (Wildman–Crippen MR) is 86.2 cm³/mol. The van der Waals surface area contributed by atoms with Gasteiger partial charge in [-0.05, 0) is 30.6 Å². The van der Waals surface area contributed by atoms with Gasteiger partial charge in [-0.2, -0.15) is 24.9 Å². The number of aryl methyl sites for hydroxylation is 1. The second kappa shape index (κ2) is 9.93. The van der Waals surface area contributed by atoms with E-state index in [2.05, 4.69) is 6.92 Å². The number of Topliss-reactive ketones (excluding diaryl/α,β-unsaturated/α-hetero) is 1. The van der Waals surface area contributed by atoms with Gasteiger partial charge in [-0.1, -0.05) is 56.5 Å². The summed E-state index contributed by atoms with van der Waals surface area (Å²) in [6.07, 6.45) is 0.0422. The van der Waals surface area contributed by atoms with Crippen LogP contribution in [0.4, 0.5) is 13.2 Å². The third-order valence-corrected chi connectivity index (χ3v) is 4.80. The van der Waals surface area contributed by atoms with Gasteiger partial charge in [-0.15, -0.1) is 0 Å². The van der Waals surface area contributed by atoms with Gasteiger partial charge >= 0.3 is 6.18 Å². The number of carbonyl (C=O) groups is 1. The number of hydrogen-bond acceptors (Lipinski definition) is 2. The molecule has 0 heterocycles. The summed E-state index contributed by atoms with van der Waals surface area (Å²) in [4.78, 5) is 11.6. The monoisotopic (exact) mass is 332 g/mol. The number of ketones is 1. The number of rotatable bonds is 10. The lowest BCUT2D eigenvalue weighted by molar-refractivity contribution is -0.170. The van der Waals surface area contributed by atoms with Crippen LogP contribution < -0.4 is 0 Å². The summed E-state index contributed by atoms with van der Waals surface area (Å²) in [6, 6.07) is 9.33. The molecule has 0 N–H and O–H groups in total. The molecule has 1 atom stereocenters. The minimum Gasteiger partial charge on any atom is -0.288 e. The van der Waals surface area contributed by atoms with Crippen molar-refractivity contribution in [3.63, 3.8) is 0 Å². The molecule has 0 radical (unpaired) electrons. The van der Waals surface area contributed by atoms with Crippen LogP contribution in [0.5, 0.6) is 0 Å². The van der Waals surface area contributed by atoms with E-state index in [1.54, 1.807) is 0 Å². The van der Waals surface area contributed by atoms with E-state index in [1.807, 2.05) is 30.3 Å². The summed E-state index contributed by atoms with van der Waals surface area (Å²) in [5.41, 5.74) is 0.967. The molecule has 0 aliphatic rings. The summed E-state index contributed by atoms with van der Waals surface area (Å²) >= 11 is 1.16. The van der Waals surface area contributed by atoms with Crippen molar-refractivity contribution in [1.29, 1.82) is 0 Å². The highest BCUT2D eigenvalue weighted by atomic mass is 32.2. The minimum absolute atomic E-state index is 0.237. The van der Waals surface area contributed by atoms with Crippen molar-refractivity contribution in [3.05, 3.63) is 35.9 Å². The fourth-order valence-corrected chi connectivity index (χ4v) is 3.39. The minimum atomic E-state index is -4.74. The van der Waals surface area contributed by atoms with Gasteiger partial charge in [0.15, 0.2) is 0 Å². The van der Waals surface area contributed by atoms with Gasteiger partial charge in [0.1, 0.15) is 0 Å². The summed E-state index contributed by atoms with van der Waals surface area (Å²) in [5.74, 6) is -0.981. The topological polar surface area (TPSA) is 17.1 Å². The number of alkyl halides is 3. The van der Waals surface area contributed by atoms with Gasteiger partial charge in [0.05, 0.1) is 5.25 Å². The number of thioether (sulfide) groups is 1. The zero-order valence-corrected chi connectivity index (χ0v) is 13.7. The highest BCUT2D eigenvalue weighted by Crippen LogP contribution is 2.28. The molecule has 0 aromatic heterocycles. The fourth-order valence-electron chi connectivity index (χ4n) is 2.17. The maximum atomic E-state index is 12.7. The molecule has 5 heteroatoms. The summed E-state index contributed by atoms with van der Waals surface area (Å²) in [7, 11) is 0. The van der Waals surface area contributed by atoms with Crippen LogP contribution in [-0.2, 0) is 11.2 Å². The molecule has 1 rings (SSSR count). The first-order chi connectivity index (χ1) is 10.4. The van der Waals surface area contributed by atoms with Crippen molar-refractivity contribution in [1.82, 2.24) is 0 Å². The molecular formula is C17H23F3OS. The average Bonchev–Trinajstić information content (AvgIpc) is 2.49. The van der Waals surface area contributed by atoms with Gasteiger partial charge in [-0.3, -0.25) is 4.79 Å². The lowest BCUT2D eigenvalue weighted by Crippen LogP contribution is -2.33. The number of unbranched alkanes of at least 4 members (excludes halogenated alkanes) is 3. The van der Waals surface area contributed by atoms with Crippen LogP contribution in [0.2, 0.25) is 0 Å². The van der Waals surface area contributed by atoms with Gasteiger partial charge in [0.25, 0.3) is 0 Å². The number of hydrogen-bond donors (Lipinski definition) is 0. The Morgan fingerprint density at radius 3 is 2.41 bits per heavy atom. The van der Waals surface area contributed by atoms with E-state index >= 15 is 0 Å². The van der Waals surface area contributed by atoms with Crippen molar-refractivity contribution in [2.75, 3.05) is 5.75 Å². The molecule has 0 amide bonds. The van der Waals surface area contributed by atoms with Crippen molar-refractivity contribution < 1.29 is 18.0 Å². The molecule has 1 aromatic rings. The standard InChI is InChI=1S/C17H23F3OS/c1-2-3-4-8-13-22-15(16(21)17(18,19)20)12-11-14-9-6-5-7-10-14/h5-7,9-10,15H,2-4,8,11-13H2,1H3. The van der Waals surface area contributed by atoms with Crippen LogP contribution in [0.1, 0.15) is 44.6 Å². The Morgan fingerprint density at radius 1 is 1.14 bits per heavy atom. The number of benzene rings is 1. The second-order valence-corrected chi connectivity index (χ2v) is 6.62. The molecule has 1 unspecified atom stereocenters. The highest BCUT2D eigenvalue weighted by molar-refractivity contribution is 8.00. The average molecular weight is 332 g/mol. The van der Waals surface area contributed by atoms with Crippen LogP contribution in [0.25, 0.3) is 0 Å². The molecule has 0 aliphatic carbocycles. The first-order valence-electron chi connectivity index (χ1n) is 7.71. The number of halogens is 3. The van der Waals surface area contributed by atoms with Gasteiger partial charge < -0.3 is 0 Å². The van der Waals surface area contributed by atoms with E-state index in [1.165, 1.54) is 0 Å². The highest BCUT2D eigenvalue weighted by Gasteiger charge is 2.43. The third kappa shape index (κ3) is 7.34. The van der Waals surface area contributed by atoms with Crippen molar-refractivity contribution in [2.45, 2.75) is 56.9 Å².